The van der Waals surface area contributed by atoms with Crippen LogP contribution in [0.25, 0.3) is 21.3 Å². The van der Waals surface area contributed by atoms with Crippen LogP contribution in [-0.4, -0.2) is 24.3 Å². The monoisotopic (exact) mass is 434 g/mol. The molecule has 9 heteroatoms. The number of fused-ring (bicyclic) bond motifs is 1. The van der Waals surface area contributed by atoms with E-state index in [0.29, 0.717) is 27.7 Å². The van der Waals surface area contributed by atoms with Gasteiger partial charge < -0.3 is 4.57 Å². The lowest BCUT2D eigenvalue weighted by Gasteiger charge is -2.10. The molecule has 0 amide bonds. The van der Waals surface area contributed by atoms with Crippen molar-refractivity contribution in [2.45, 2.75) is 36.2 Å². The van der Waals surface area contributed by atoms with Crippen molar-refractivity contribution >= 4 is 33.3 Å². The third-order valence-corrected chi connectivity index (χ3v) is 7.12. The molecule has 1 aliphatic carbocycles. The van der Waals surface area contributed by atoms with E-state index in [-0.39, 0.29) is 12.1 Å². The number of nitrogens with zero attached hydrogens (tertiary/aromatic N) is 6. The summed E-state index contributed by atoms with van der Waals surface area (Å²) in [4.78, 5) is 18.8. The fourth-order valence-electron chi connectivity index (χ4n) is 3.52. The second kappa shape index (κ2) is 7.70. The smallest absolute Gasteiger partial charge is 0.263 e. The molecule has 1 saturated carbocycles. The topological polar surface area (TPSA) is 89.4 Å². The maximum absolute atomic E-state index is 13.3. The number of aromatic nitrogens is 5. The van der Waals surface area contributed by atoms with Crippen LogP contribution in [0.15, 0.2) is 45.7 Å². The summed E-state index contributed by atoms with van der Waals surface area (Å²) in [5.74, 6) is 2.56. The predicted molar refractivity (Wildman–Crippen MR) is 117 cm³/mol. The minimum atomic E-state index is -0.172. The Morgan fingerprint density at radius 2 is 2.07 bits per heavy atom. The summed E-state index contributed by atoms with van der Waals surface area (Å²) in [6.45, 7) is -0.0338. The first kappa shape index (κ1) is 19.0. The third-order valence-electron chi connectivity index (χ3n) is 5.23. The van der Waals surface area contributed by atoms with Crippen molar-refractivity contribution in [3.05, 3.63) is 57.7 Å². The minimum Gasteiger partial charge on any atom is -0.309 e. The fraction of sp³-hybridized carbons (Fsp3) is 0.286. The van der Waals surface area contributed by atoms with Gasteiger partial charge in [0.15, 0.2) is 5.16 Å². The standard InChI is InChI=1S/C21H18N6OS2/c1-26-18(14-7-8-14)24-25-21(26)30-12-16-23-19-17(20(28)27(16)10-9-22)15(11-29-19)13-5-3-2-4-6-13/h2-6,11,14H,7-8,10,12H2,1H3. The fourth-order valence-corrected chi connectivity index (χ4v) is 5.34. The van der Waals surface area contributed by atoms with E-state index in [1.165, 1.54) is 40.5 Å². The van der Waals surface area contributed by atoms with E-state index in [1.54, 1.807) is 0 Å². The molecule has 3 aromatic heterocycles. The Morgan fingerprint density at radius 3 is 2.80 bits per heavy atom. The first-order valence-corrected chi connectivity index (χ1v) is 11.5. The van der Waals surface area contributed by atoms with Crippen molar-refractivity contribution in [2.24, 2.45) is 7.05 Å². The van der Waals surface area contributed by atoms with Crippen LogP contribution < -0.4 is 5.56 Å². The zero-order chi connectivity index (χ0) is 20.7. The van der Waals surface area contributed by atoms with Crippen LogP contribution >= 0.6 is 23.1 Å². The van der Waals surface area contributed by atoms with Crippen molar-refractivity contribution in [1.29, 1.82) is 5.26 Å². The molecule has 4 aromatic rings. The highest BCUT2D eigenvalue weighted by atomic mass is 32.2. The van der Waals surface area contributed by atoms with Crippen LogP contribution in [-0.2, 0) is 19.3 Å². The number of rotatable bonds is 6. The van der Waals surface area contributed by atoms with Gasteiger partial charge in [0.2, 0.25) is 0 Å². The molecule has 0 unspecified atom stereocenters. The second-order valence-corrected chi connectivity index (χ2v) is 9.04. The zero-order valence-electron chi connectivity index (χ0n) is 16.3. The average molecular weight is 435 g/mol. The molecule has 0 spiro atoms. The van der Waals surface area contributed by atoms with E-state index in [4.69, 9.17) is 4.98 Å². The Morgan fingerprint density at radius 1 is 1.27 bits per heavy atom. The Labute approximate surface area is 181 Å². The lowest BCUT2D eigenvalue weighted by atomic mass is 10.1. The Hall–Kier alpha value is -2.96. The van der Waals surface area contributed by atoms with E-state index >= 15 is 0 Å². The van der Waals surface area contributed by atoms with E-state index in [2.05, 4.69) is 16.3 Å². The largest absolute Gasteiger partial charge is 0.309 e. The predicted octanol–water partition coefficient (Wildman–Crippen LogP) is 3.95. The number of thiophene rings is 1. The molecule has 1 fully saturated rings. The molecule has 0 atom stereocenters. The lowest BCUT2D eigenvalue weighted by molar-refractivity contribution is 0.722. The molecule has 0 aliphatic heterocycles. The Balaban J connectivity index is 1.53. The highest BCUT2D eigenvalue weighted by molar-refractivity contribution is 7.98. The Bertz CT molecular complexity index is 1330. The SMILES string of the molecule is Cn1c(SCc2nc3scc(-c4ccccc4)c3c(=O)n2CC#N)nnc1C1CC1. The van der Waals surface area contributed by atoms with Gasteiger partial charge >= 0.3 is 0 Å². The number of thioether (sulfide) groups is 1. The van der Waals surface area contributed by atoms with E-state index < -0.39 is 0 Å². The van der Waals surface area contributed by atoms with Crippen molar-refractivity contribution in [3.63, 3.8) is 0 Å². The molecule has 0 N–H and O–H groups in total. The summed E-state index contributed by atoms with van der Waals surface area (Å²) in [6, 6.07) is 11.9. The van der Waals surface area contributed by atoms with Gasteiger partial charge in [-0.2, -0.15) is 5.26 Å². The first-order chi connectivity index (χ1) is 14.7. The van der Waals surface area contributed by atoms with Crippen LogP contribution in [0, 0.1) is 11.3 Å². The summed E-state index contributed by atoms with van der Waals surface area (Å²) in [7, 11) is 1.97. The number of benzene rings is 1. The Kier molecular flexibility index (Phi) is 4.89. The molecule has 0 saturated heterocycles. The molecule has 7 nitrogen and oxygen atoms in total. The van der Waals surface area contributed by atoms with Gasteiger partial charge in [0.25, 0.3) is 5.56 Å². The maximum Gasteiger partial charge on any atom is 0.263 e. The van der Waals surface area contributed by atoms with Gasteiger partial charge in [-0.15, -0.1) is 21.5 Å². The third kappa shape index (κ3) is 3.32. The quantitative estimate of drug-likeness (QED) is 0.427. The number of hydrogen-bond donors (Lipinski definition) is 0. The van der Waals surface area contributed by atoms with Crippen molar-refractivity contribution in [3.8, 4) is 17.2 Å². The number of hydrogen-bond acceptors (Lipinski definition) is 7. The second-order valence-electron chi connectivity index (χ2n) is 7.24. The van der Waals surface area contributed by atoms with Gasteiger partial charge in [0.1, 0.15) is 23.0 Å². The van der Waals surface area contributed by atoms with Gasteiger partial charge in [-0.3, -0.25) is 9.36 Å². The van der Waals surface area contributed by atoms with Crippen LogP contribution in [0.1, 0.15) is 30.4 Å². The van der Waals surface area contributed by atoms with Gasteiger partial charge in [0.05, 0.1) is 17.2 Å². The van der Waals surface area contributed by atoms with Crippen molar-refractivity contribution in [2.75, 3.05) is 0 Å². The minimum absolute atomic E-state index is 0.0338. The normalized spacial score (nSPS) is 13.6. The lowest BCUT2D eigenvalue weighted by Crippen LogP contribution is -2.24. The molecule has 5 rings (SSSR count). The highest BCUT2D eigenvalue weighted by Crippen LogP contribution is 2.39. The molecule has 30 heavy (non-hydrogen) atoms. The average Bonchev–Trinajstić information content (AvgIpc) is 3.41. The van der Waals surface area contributed by atoms with Gasteiger partial charge in [0, 0.05) is 23.9 Å². The molecule has 150 valence electrons. The van der Waals surface area contributed by atoms with E-state index in [1.807, 2.05) is 47.3 Å². The summed E-state index contributed by atoms with van der Waals surface area (Å²) < 4.78 is 3.50. The van der Waals surface area contributed by atoms with Crippen LogP contribution in [0.4, 0.5) is 0 Å². The summed E-state index contributed by atoms with van der Waals surface area (Å²) in [5, 5.41) is 21.2. The summed E-state index contributed by atoms with van der Waals surface area (Å²) in [5.41, 5.74) is 1.66. The summed E-state index contributed by atoms with van der Waals surface area (Å²) in [6.07, 6.45) is 2.33. The van der Waals surface area contributed by atoms with Crippen molar-refractivity contribution in [1.82, 2.24) is 24.3 Å². The zero-order valence-corrected chi connectivity index (χ0v) is 17.9. The van der Waals surface area contributed by atoms with Crippen LogP contribution in [0.3, 0.4) is 0 Å². The van der Waals surface area contributed by atoms with Crippen LogP contribution in [0.5, 0.6) is 0 Å². The van der Waals surface area contributed by atoms with Gasteiger partial charge in [-0.25, -0.2) is 4.98 Å². The molecule has 1 aromatic carbocycles. The first-order valence-electron chi connectivity index (χ1n) is 9.62. The number of nitriles is 1. The summed E-state index contributed by atoms with van der Waals surface area (Å²) >= 11 is 2.94. The molecule has 0 radical (unpaired) electrons. The molecule has 0 bridgehead atoms. The molecule has 1 aliphatic rings. The molecule has 3 heterocycles. The van der Waals surface area contributed by atoms with E-state index in [0.717, 1.165) is 22.1 Å². The molecular formula is C21H18N6OS2. The maximum atomic E-state index is 13.3. The highest BCUT2D eigenvalue weighted by Gasteiger charge is 2.29. The van der Waals surface area contributed by atoms with Crippen molar-refractivity contribution < 1.29 is 0 Å². The van der Waals surface area contributed by atoms with Gasteiger partial charge in [-0.05, 0) is 18.4 Å². The van der Waals surface area contributed by atoms with E-state index in [9.17, 15) is 10.1 Å². The van der Waals surface area contributed by atoms with Gasteiger partial charge in [-0.1, -0.05) is 42.1 Å². The molecular weight excluding hydrogens is 416 g/mol. The van der Waals surface area contributed by atoms with Crippen LogP contribution in [0.2, 0.25) is 0 Å².